The van der Waals surface area contributed by atoms with Crippen LogP contribution in [0.4, 0.5) is 15.2 Å². The molecule has 1 N–H and O–H groups in total. The van der Waals surface area contributed by atoms with E-state index in [0.717, 1.165) is 37.1 Å². The first-order valence-corrected chi connectivity index (χ1v) is 12.6. The minimum atomic E-state index is -4.10. The molecule has 1 saturated carbocycles. The molecule has 164 valence electrons. The Morgan fingerprint density at radius 3 is 2.90 bits per heavy atom. The number of hydrogen-bond donors (Lipinski definition) is 1. The van der Waals surface area contributed by atoms with Crippen molar-refractivity contribution < 1.29 is 17.5 Å². The fraction of sp³-hybridized carbons (Fsp3) is 0.550. The second-order valence-corrected chi connectivity index (χ2v) is 10.3. The number of anilines is 2. The zero-order chi connectivity index (χ0) is 21.3. The summed E-state index contributed by atoms with van der Waals surface area (Å²) in [5.41, 5.74) is 0.633. The van der Waals surface area contributed by atoms with Gasteiger partial charge in [0.25, 0.3) is 10.0 Å². The van der Waals surface area contributed by atoms with E-state index in [9.17, 15) is 8.42 Å². The minimum Gasteiger partial charge on any atom is -0.490 e. The van der Waals surface area contributed by atoms with Crippen LogP contribution >= 0.6 is 11.3 Å². The molecule has 1 aromatic carbocycles. The summed E-state index contributed by atoms with van der Waals surface area (Å²) in [6, 6.07) is 3.24. The molecular weight excluding hydrogens is 427 g/mol. The largest absolute Gasteiger partial charge is 0.490 e. The van der Waals surface area contributed by atoms with Crippen LogP contribution in [0.15, 0.2) is 28.6 Å². The summed E-state index contributed by atoms with van der Waals surface area (Å²) in [4.78, 5) is 8.05. The zero-order valence-electron chi connectivity index (χ0n) is 17.2. The summed E-state index contributed by atoms with van der Waals surface area (Å²) in [6.45, 7) is 4.20. The Bertz CT molecular complexity index is 984. The number of nitrogens with one attached hydrogen (secondary N) is 1. The lowest BCUT2D eigenvalue weighted by molar-refractivity contribution is 0.163. The normalized spacial score (nSPS) is 21.9. The number of halogens is 1. The maximum atomic E-state index is 15.0. The molecule has 0 bridgehead atoms. The van der Waals surface area contributed by atoms with Crippen molar-refractivity contribution in [2.75, 3.05) is 36.4 Å². The molecule has 4 rings (SSSR count). The predicted molar refractivity (Wildman–Crippen MR) is 117 cm³/mol. The smallest absolute Gasteiger partial charge is 0.266 e. The van der Waals surface area contributed by atoms with Gasteiger partial charge in [0, 0.05) is 35.8 Å². The SMILES string of the molecule is CCN(C)C1CCCCC1N1CCOc2cc(S(=O)(=O)Nc3nccs3)c(F)cc21. The van der Waals surface area contributed by atoms with Gasteiger partial charge >= 0.3 is 0 Å². The fourth-order valence-corrected chi connectivity index (χ4v) is 6.30. The van der Waals surface area contributed by atoms with Gasteiger partial charge in [0.15, 0.2) is 5.13 Å². The summed E-state index contributed by atoms with van der Waals surface area (Å²) in [5, 5.41) is 1.85. The van der Waals surface area contributed by atoms with E-state index in [0.29, 0.717) is 30.6 Å². The van der Waals surface area contributed by atoms with Gasteiger partial charge in [-0.3, -0.25) is 4.72 Å². The van der Waals surface area contributed by atoms with Crippen molar-refractivity contribution in [2.45, 2.75) is 49.6 Å². The minimum absolute atomic E-state index is 0.197. The van der Waals surface area contributed by atoms with Crippen molar-refractivity contribution in [2.24, 2.45) is 0 Å². The molecule has 2 atom stereocenters. The van der Waals surface area contributed by atoms with E-state index in [1.165, 1.54) is 24.8 Å². The number of thiazole rings is 1. The molecule has 10 heteroatoms. The first kappa shape index (κ1) is 21.3. The summed E-state index contributed by atoms with van der Waals surface area (Å²) < 4.78 is 48.5. The fourth-order valence-electron chi connectivity index (χ4n) is 4.44. The Labute approximate surface area is 180 Å². The van der Waals surface area contributed by atoms with Crippen LogP contribution in [-0.2, 0) is 10.0 Å². The first-order chi connectivity index (χ1) is 14.4. The van der Waals surface area contributed by atoms with E-state index in [1.54, 1.807) is 5.38 Å². The lowest BCUT2D eigenvalue weighted by Gasteiger charge is -2.46. The Kier molecular flexibility index (Phi) is 6.17. The number of nitrogens with zero attached hydrogens (tertiary/aromatic N) is 3. The predicted octanol–water partition coefficient (Wildman–Crippen LogP) is 3.54. The average Bonchev–Trinajstić information content (AvgIpc) is 3.24. The molecule has 30 heavy (non-hydrogen) atoms. The van der Waals surface area contributed by atoms with Gasteiger partial charge < -0.3 is 14.5 Å². The second kappa shape index (κ2) is 8.68. The molecule has 0 amide bonds. The number of aromatic nitrogens is 1. The summed E-state index contributed by atoms with van der Waals surface area (Å²) in [7, 11) is -1.97. The van der Waals surface area contributed by atoms with E-state index in [1.807, 2.05) is 0 Å². The summed E-state index contributed by atoms with van der Waals surface area (Å²) >= 11 is 1.14. The Morgan fingerprint density at radius 2 is 2.17 bits per heavy atom. The van der Waals surface area contributed by atoms with Gasteiger partial charge in [0.05, 0.1) is 12.2 Å². The third-order valence-electron chi connectivity index (χ3n) is 6.02. The third kappa shape index (κ3) is 4.13. The highest BCUT2D eigenvalue weighted by molar-refractivity contribution is 7.93. The molecule has 7 nitrogen and oxygen atoms in total. The van der Waals surface area contributed by atoms with Crippen LogP contribution in [0, 0.1) is 5.82 Å². The maximum Gasteiger partial charge on any atom is 0.266 e. The number of benzene rings is 1. The van der Waals surface area contributed by atoms with Crippen LogP contribution in [0.2, 0.25) is 0 Å². The molecule has 2 aliphatic rings. The molecule has 0 spiro atoms. The lowest BCUT2D eigenvalue weighted by Crippen LogP contribution is -2.54. The molecule has 0 radical (unpaired) electrons. The molecule has 2 aromatic rings. The molecule has 1 fully saturated rings. The van der Waals surface area contributed by atoms with Crippen molar-refractivity contribution in [1.82, 2.24) is 9.88 Å². The van der Waals surface area contributed by atoms with Crippen LogP contribution < -0.4 is 14.4 Å². The van der Waals surface area contributed by atoms with E-state index in [2.05, 4.69) is 33.5 Å². The van der Waals surface area contributed by atoms with Crippen LogP contribution in [0.5, 0.6) is 5.75 Å². The molecular formula is C20H27FN4O3S2. The number of rotatable bonds is 6. The van der Waals surface area contributed by atoms with Crippen molar-refractivity contribution in [1.29, 1.82) is 0 Å². The second-order valence-electron chi connectivity index (χ2n) is 7.73. The van der Waals surface area contributed by atoms with Crippen LogP contribution in [0.1, 0.15) is 32.6 Å². The quantitative estimate of drug-likeness (QED) is 0.720. The number of sulfonamides is 1. The first-order valence-electron chi connectivity index (χ1n) is 10.3. The number of ether oxygens (including phenoxy) is 1. The molecule has 1 aliphatic carbocycles. The van der Waals surface area contributed by atoms with E-state index in [4.69, 9.17) is 4.74 Å². The summed E-state index contributed by atoms with van der Waals surface area (Å²) in [6.07, 6.45) is 5.95. The Balaban J connectivity index is 1.67. The van der Waals surface area contributed by atoms with Crippen molar-refractivity contribution in [3.05, 3.63) is 29.5 Å². The van der Waals surface area contributed by atoms with Gasteiger partial charge in [-0.1, -0.05) is 19.8 Å². The van der Waals surface area contributed by atoms with Gasteiger partial charge in [0.1, 0.15) is 23.1 Å². The molecule has 1 aromatic heterocycles. The van der Waals surface area contributed by atoms with Crippen molar-refractivity contribution >= 4 is 32.2 Å². The van der Waals surface area contributed by atoms with Crippen molar-refractivity contribution in [3.63, 3.8) is 0 Å². The number of fused-ring (bicyclic) bond motifs is 1. The zero-order valence-corrected chi connectivity index (χ0v) is 18.8. The average molecular weight is 455 g/mol. The van der Waals surface area contributed by atoms with Crippen LogP contribution in [0.25, 0.3) is 0 Å². The van der Waals surface area contributed by atoms with Gasteiger partial charge in [-0.2, -0.15) is 0 Å². The van der Waals surface area contributed by atoms with Crippen LogP contribution in [-0.4, -0.2) is 57.1 Å². The standard InChI is InChI=1S/C20H27FN4O3S2/c1-3-24(2)15-6-4-5-7-16(15)25-9-10-28-18-13-19(14(21)12-17(18)25)30(26,27)23-20-22-8-11-29-20/h8,11-13,15-16H,3-7,9-10H2,1-2H3,(H,22,23). The van der Waals surface area contributed by atoms with E-state index < -0.39 is 20.7 Å². The van der Waals surface area contributed by atoms with Gasteiger partial charge in [-0.25, -0.2) is 17.8 Å². The van der Waals surface area contributed by atoms with Gasteiger partial charge in [-0.05, 0) is 26.4 Å². The molecule has 2 unspecified atom stereocenters. The monoisotopic (exact) mass is 454 g/mol. The summed E-state index contributed by atoms with van der Waals surface area (Å²) in [5.74, 6) is -0.379. The highest BCUT2D eigenvalue weighted by Crippen LogP contribution is 2.40. The topological polar surface area (TPSA) is 74.8 Å². The molecule has 0 saturated heterocycles. The maximum absolute atomic E-state index is 15.0. The van der Waals surface area contributed by atoms with Crippen LogP contribution in [0.3, 0.4) is 0 Å². The van der Waals surface area contributed by atoms with E-state index in [-0.39, 0.29) is 11.2 Å². The molecule has 2 heterocycles. The van der Waals surface area contributed by atoms with E-state index >= 15 is 4.39 Å². The van der Waals surface area contributed by atoms with Gasteiger partial charge in [-0.15, -0.1) is 11.3 Å². The molecule has 1 aliphatic heterocycles. The lowest BCUT2D eigenvalue weighted by atomic mass is 9.87. The Morgan fingerprint density at radius 1 is 1.37 bits per heavy atom. The Hall–Kier alpha value is -1.91. The van der Waals surface area contributed by atoms with Gasteiger partial charge in [0.2, 0.25) is 0 Å². The number of likely N-dealkylation sites (N-methyl/N-ethyl adjacent to an activating group) is 1. The third-order valence-corrected chi connectivity index (χ3v) is 8.19. The highest BCUT2D eigenvalue weighted by atomic mass is 32.2. The number of hydrogen-bond acceptors (Lipinski definition) is 7. The highest BCUT2D eigenvalue weighted by Gasteiger charge is 2.36. The van der Waals surface area contributed by atoms with Crippen molar-refractivity contribution in [3.8, 4) is 5.75 Å².